The molecule has 0 fully saturated rings. The SMILES string of the molecule is [B]C([B])=c1c([B])cc(=C)c(S)c1S. The average molecular weight is 198 g/mol. The molecule has 1 aromatic carbocycles. The zero-order valence-electron chi connectivity index (χ0n) is 6.91. The lowest BCUT2D eigenvalue weighted by molar-refractivity contribution is 1.20. The van der Waals surface area contributed by atoms with Crippen LogP contribution in [0.1, 0.15) is 0 Å². The molecule has 0 saturated heterocycles. The van der Waals surface area contributed by atoms with E-state index in [1.807, 2.05) is 0 Å². The normalized spacial score (nSPS) is 10.0. The highest BCUT2D eigenvalue weighted by atomic mass is 32.1. The molecule has 1 aromatic rings. The van der Waals surface area contributed by atoms with Gasteiger partial charge in [0.1, 0.15) is 7.85 Å². The van der Waals surface area contributed by atoms with Gasteiger partial charge in [-0.2, -0.15) is 5.37 Å². The van der Waals surface area contributed by atoms with E-state index in [0.717, 1.165) is 0 Å². The maximum absolute atomic E-state index is 5.69. The van der Waals surface area contributed by atoms with E-state index in [1.165, 1.54) is 0 Å². The maximum Gasteiger partial charge on any atom is 0.114 e. The van der Waals surface area contributed by atoms with Crippen LogP contribution in [0, 0.1) is 0 Å². The van der Waals surface area contributed by atoms with Gasteiger partial charge in [-0.05, 0) is 10.4 Å². The first-order valence-electron chi connectivity index (χ1n) is 3.49. The Morgan fingerprint density at radius 2 is 1.77 bits per heavy atom. The summed E-state index contributed by atoms with van der Waals surface area (Å²) in [6.45, 7) is 3.75. The van der Waals surface area contributed by atoms with Crippen molar-refractivity contribution in [2.45, 2.75) is 9.79 Å². The summed E-state index contributed by atoms with van der Waals surface area (Å²) in [5.41, 5.74) is 0.466. The molecule has 6 radical (unpaired) electrons. The molecule has 0 amide bonds. The zero-order chi connectivity index (χ0) is 10.2. The first-order valence-corrected chi connectivity index (χ1v) is 4.39. The van der Waals surface area contributed by atoms with E-state index in [-0.39, 0.29) is 5.37 Å². The summed E-state index contributed by atoms with van der Waals surface area (Å²) in [5.74, 6) is 0. The molecule has 0 saturated carbocycles. The van der Waals surface area contributed by atoms with E-state index in [2.05, 4.69) is 31.8 Å². The summed E-state index contributed by atoms with van der Waals surface area (Å²) in [6, 6.07) is 1.66. The summed E-state index contributed by atoms with van der Waals surface area (Å²) in [5, 5.41) is 1.37. The van der Waals surface area contributed by atoms with Crippen LogP contribution in [0.3, 0.4) is 0 Å². The molecule has 0 bridgehead atoms. The monoisotopic (exact) mass is 198 g/mol. The van der Waals surface area contributed by atoms with Crippen LogP contribution < -0.4 is 15.9 Å². The Bertz CT molecular complexity index is 449. The lowest BCUT2D eigenvalue weighted by Crippen LogP contribution is -2.34. The fraction of sp³-hybridized carbons (Fsp3) is 0. The highest BCUT2D eigenvalue weighted by Crippen LogP contribution is 2.06. The Hall–Kier alpha value is -0.145. The van der Waals surface area contributed by atoms with Gasteiger partial charge in [-0.1, -0.05) is 18.1 Å². The Morgan fingerprint density at radius 3 is 2.23 bits per heavy atom. The quantitative estimate of drug-likeness (QED) is 0.382. The topological polar surface area (TPSA) is 0 Å². The lowest BCUT2D eigenvalue weighted by atomic mass is 9.74. The largest absolute Gasteiger partial charge is 0.153 e. The van der Waals surface area contributed by atoms with Crippen molar-refractivity contribution in [3.63, 3.8) is 0 Å². The smallest absolute Gasteiger partial charge is 0.114 e. The van der Waals surface area contributed by atoms with Crippen molar-refractivity contribution < 1.29 is 0 Å². The summed E-state index contributed by atoms with van der Waals surface area (Å²) in [4.78, 5) is 1.20. The van der Waals surface area contributed by atoms with Crippen LogP contribution in [0.15, 0.2) is 15.9 Å². The van der Waals surface area contributed by atoms with Gasteiger partial charge in [0.2, 0.25) is 0 Å². The minimum absolute atomic E-state index is 0.137. The van der Waals surface area contributed by atoms with Crippen molar-refractivity contribution in [3.05, 3.63) is 16.5 Å². The standard InChI is InChI=1S/C8H5B3S2/c1-3-2-4(9)5(8(10)11)7(13)6(3)12/h2,12-13H,1H2. The molecule has 0 atom stereocenters. The van der Waals surface area contributed by atoms with Crippen molar-refractivity contribution in [1.82, 2.24) is 0 Å². The molecule has 0 nitrogen and oxygen atoms in total. The zero-order valence-corrected chi connectivity index (χ0v) is 8.70. The number of hydrogen-bond donors (Lipinski definition) is 2. The average Bonchev–Trinajstić information content (AvgIpc) is 1.99. The Labute approximate surface area is 92.5 Å². The maximum atomic E-state index is 5.69. The minimum atomic E-state index is 0.137. The molecule has 0 N–H and O–H groups in total. The Balaban J connectivity index is 3.86. The molecule has 5 heteroatoms. The minimum Gasteiger partial charge on any atom is -0.153 e. The summed E-state index contributed by atoms with van der Waals surface area (Å²) < 4.78 is 0. The lowest BCUT2D eigenvalue weighted by Gasteiger charge is -2.06. The molecule has 0 aromatic heterocycles. The molecule has 13 heavy (non-hydrogen) atoms. The van der Waals surface area contributed by atoms with Crippen LogP contribution in [0.5, 0.6) is 0 Å². The van der Waals surface area contributed by atoms with Gasteiger partial charge in [-0.25, -0.2) is 0 Å². The van der Waals surface area contributed by atoms with Gasteiger partial charge in [0, 0.05) is 9.79 Å². The first kappa shape index (κ1) is 10.9. The molecule has 58 valence electrons. The molecular weight excluding hydrogens is 193 g/mol. The molecule has 0 unspecified atom stereocenters. The van der Waals surface area contributed by atoms with Crippen molar-refractivity contribution in [2.24, 2.45) is 0 Å². The van der Waals surface area contributed by atoms with Crippen LogP contribution in [-0.4, -0.2) is 23.5 Å². The fourth-order valence-electron chi connectivity index (χ4n) is 1.04. The number of thiol groups is 2. The van der Waals surface area contributed by atoms with Gasteiger partial charge >= 0.3 is 0 Å². The molecular formula is C8H5B3S2. The van der Waals surface area contributed by atoms with Crippen LogP contribution in [-0.2, 0) is 0 Å². The molecule has 0 aliphatic heterocycles. The highest BCUT2D eigenvalue weighted by molar-refractivity contribution is 7.83. The summed E-state index contributed by atoms with van der Waals surface area (Å²) >= 11 is 8.42. The molecule has 0 spiro atoms. The Kier molecular flexibility index (Phi) is 3.30. The predicted molar refractivity (Wildman–Crippen MR) is 66.0 cm³/mol. The van der Waals surface area contributed by atoms with Crippen LogP contribution in [0.25, 0.3) is 12.0 Å². The second-order valence-electron chi connectivity index (χ2n) is 2.65. The third-order valence-corrected chi connectivity index (χ3v) is 2.81. The number of hydrogen-bond acceptors (Lipinski definition) is 2. The van der Waals surface area contributed by atoms with Gasteiger partial charge in [-0.3, -0.25) is 0 Å². The molecule has 1 rings (SSSR count). The summed E-state index contributed by atoms with van der Waals surface area (Å²) in [7, 11) is 16.6. The van der Waals surface area contributed by atoms with Gasteiger partial charge < -0.3 is 0 Å². The van der Waals surface area contributed by atoms with Gasteiger partial charge in [0.05, 0.1) is 15.7 Å². The molecule has 0 aliphatic carbocycles. The van der Waals surface area contributed by atoms with E-state index in [1.54, 1.807) is 6.07 Å². The Morgan fingerprint density at radius 1 is 1.23 bits per heavy atom. The predicted octanol–water partition coefficient (Wildman–Crippen LogP) is -1.13. The van der Waals surface area contributed by atoms with E-state index in [0.29, 0.717) is 25.7 Å². The van der Waals surface area contributed by atoms with Crippen LogP contribution in [0.2, 0.25) is 0 Å². The van der Waals surface area contributed by atoms with Crippen molar-refractivity contribution >= 4 is 66.2 Å². The van der Waals surface area contributed by atoms with Crippen molar-refractivity contribution in [1.29, 1.82) is 0 Å². The molecule has 0 aliphatic rings. The van der Waals surface area contributed by atoms with Crippen LogP contribution in [0.4, 0.5) is 0 Å². The second-order valence-corrected chi connectivity index (χ2v) is 3.55. The van der Waals surface area contributed by atoms with Gasteiger partial charge in [0.25, 0.3) is 0 Å². The van der Waals surface area contributed by atoms with E-state index in [4.69, 9.17) is 23.5 Å². The number of rotatable bonds is 0. The first-order chi connectivity index (χ1) is 5.95. The van der Waals surface area contributed by atoms with Crippen molar-refractivity contribution in [2.75, 3.05) is 0 Å². The third kappa shape index (κ3) is 2.02. The van der Waals surface area contributed by atoms with Gasteiger partial charge in [-0.15, -0.1) is 25.3 Å². The van der Waals surface area contributed by atoms with Crippen molar-refractivity contribution in [3.8, 4) is 0 Å². The third-order valence-electron chi connectivity index (χ3n) is 1.67. The number of benzene rings is 1. The van der Waals surface area contributed by atoms with E-state index < -0.39 is 0 Å². The highest BCUT2D eigenvalue weighted by Gasteiger charge is 2.01. The second kappa shape index (κ2) is 3.93. The fourth-order valence-corrected chi connectivity index (χ4v) is 1.62. The van der Waals surface area contributed by atoms with E-state index >= 15 is 0 Å². The molecule has 0 heterocycles. The van der Waals surface area contributed by atoms with Gasteiger partial charge in [0.15, 0.2) is 0 Å². The van der Waals surface area contributed by atoms with E-state index in [9.17, 15) is 0 Å². The van der Waals surface area contributed by atoms with Crippen LogP contribution >= 0.6 is 25.3 Å². The summed E-state index contributed by atoms with van der Waals surface area (Å²) in [6.07, 6.45) is 0.